The van der Waals surface area contributed by atoms with Gasteiger partial charge in [-0.2, -0.15) is 0 Å². The molecule has 1 aromatic heterocycles. The molecule has 0 aliphatic heterocycles. The van der Waals surface area contributed by atoms with E-state index in [2.05, 4.69) is 82.1 Å². The Morgan fingerprint density at radius 2 is 1.61 bits per heavy atom. The van der Waals surface area contributed by atoms with Crippen LogP contribution in [-0.4, -0.2) is 15.9 Å². The standard InChI is InChI=1S/C23H26N.C11H20O2.Ir/c1-15(2)10-18(5)19-6-7-22-20(14-19)8-9-24-23(22)21-12-16(3)11-17(4)13-21;1-10(2,3)8(12)7-9(13)11(4,5)6;/h6-9,11-12,14-15,18H,10H2,1-5H3;7,12H,1-6H3;/q-1;;/b;8-7-;. The summed E-state index contributed by atoms with van der Waals surface area (Å²) in [5.74, 6) is 1.40. The van der Waals surface area contributed by atoms with Gasteiger partial charge in [0.1, 0.15) is 5.76 Å². The number of pyridine rings is 1. The average molecular weight is 693 g/mol. The third-order valence-corrected chi connectivity index (χ3v) is 6.36. The van der Waals surface area contributed by atoms with Crippen LogP contribution in [0, 0.1) is 36.7 Å². The number of carbonyl (C=O) groups excluding carboxylic acids is 1. The van der Waals surface area contributed by atoms with Gasteiger partial charge in [0.05, 0.1) is 0 Å². The van der Waals surface area contributed by atoms with E-state index in [4.69, 9.17) is 0 Å². The van der Waals surface area contributed by atoms with Gasteiger partial charge >= 0.3 is 0 Å². The molecule has 1 N–H and O–H groups in total. The number of aromatic nitrogens is 1. The van der Waals surface area contributed by atoms with E-state index >= 15 is 0 Å². The third-order valence-electron chi connectivity index (χ3n) is 6.36. The van der Waals surface area contributed by atoms with Gasteiger partial charge in [-0.1, -0.05) is 94.4 Å². The van der Waals surface area contributed by atoms with Crippen LogP contribution in [-0.2, 0) is 24.9 Å². The maximum Gasteiger partial charge on any atom is 0.164 e. The fourth-order valence-electron chi connectivity index (χ4n) is 4.14. The minimum Gasteiger partial charge on any atom is -0.512 e. The van der Waals surface area contributed by atoms with Crippen LogP contribution in [0.25, 0.3) is 22.0 Å². The van der Waals surface area contributed by atoms with Gasteiger partial charge in [0, 0.05) is 43.2 Å². The molecule has 1 radical (unpaired) electrons. The summed E-state index contributed by atoms with van der Waals surface area (Å²) in [6.07, 6.45) is 4.47. The first-order valence-electron chi connectivity index (χ1n) is 13.3. The minimum atomic E-state index is -0.417. The van der Waals surface area contributed by atoms with Crippen LogP contribution in [0.2, 0.25) is 0 Å². The first-order valence-corrected chi connectivity index (χ1v) is 13.3. The van der Waals surface area contributed by atoms with Crippen molar-refractivity contribution in [3.63, 3.8) is 0 Å². The molecule has 0 aliphatic rings. The Balaban J connectivity index is 0.000000444. The van der Waals surface area contributed by atoms with Crippen molar-refractivity contribution in [1.29, 1.82) is 0 Å². The molecule has 3 rings (SSSR count). The quantitative estimate of drug-likeness (QED) is 0.165. The summed E-state index contributed by atoms with van der Waals surface area (Å²) < 4.78 is 0. The maximum atomic E-state index is 11.5. The second-order valence-corrected chi connectivity index (χ2v) is 12.8. The van der Waals surface area contributed by atoms with Crippen molar-refractivity contribution >= 4 is 16.6 Å². The smallest absolute Gasteiger partial charge is 0.164 e. The van der Waals surface area contributed by atoms with Crippen LogP contribution in [0.15, 0.2) is 54.4 Å². The molecule has 2 aromatic carbocycles. The zero-order valence-electron chi connectivity index (χ0n) is 25.1. The van der Waals surface area contributed by atoms with Crippen LogP contribution in [0.3, 0.4) is 0 Å². The van der Waals surface area contributed by atoms with Gasteiger partial charge in [-0.25, -0.2) is 0 Å². The molecule has 38 heavy (non-hydrogen) atoms. The molecular weight excluding hydrogens is 647 g/mol. The van der Waals surface area contributed by atoms with Crippen molar-refractivity contribution in [2.24, 2.45) is 16.7 Å². The van der Waals surface area contributed by atoms with Crippen molar-refractivity contribution in [2.75, 3.05) is 0 Å². The third kappa shape index (κ3) is 9.79. The van der Waals surface area contributed by atoms with E-state index in [9.17, 15) is 9.90 Å². The summed E-state index contributed by atoms with van der Waals surface area (Å²) in [6, 6.07) is 16.7. The zero-order valence-corrected chi connectivity index (χ0v) is 27.5. The fraction of sp³-hybridized carbons (Fsp3) is 0.471. The Morgan fingerprint density at radius 1 is 0.974 bits per heavy atom. The van der Waals surface area contributed by atoms with Gasteiger partial charge < -0.3 is 10.1 Å². The molecule has 0 saturated carbocycles. The number of allylic oxidation sites excluding steroid dienone is 2. The largest absolute Gasteiger partial charge is 0.512 e. The number of carbonyl (C=O) groups is 1. The number of hydrogen-bond acceptors (Lipinski definition) is 3. The Hall–Kier alpha value is -2.29. The van der Waals surface area contributed by atoms with E-state index in [1.165, 1.54) is 34.4 Å². The molecule has 0 aliphatic carbocycles. The number of aliphatic hydroxyl groups is 1. The summed E-state index contributed by atoms with van der Waals surface area (Å²) in [5.41, 5.74) is 5.18. The summed E-state index contributed by atoms with van der Waals surface area (Å²) >= 11 is 0. The zero-order chi connectivity index (χ0) is 28.1. The predicted molar refractivity (Wildman–Crippen MR) is 158 cm³/mol. The van der Waals surface area contributed by atoms with Crippen LogP contribution in [0.5, 0.6) is 0 Å². The number of aliphatic hydroxyl groups excluding tert-OH is 1. The van der Waals surface area contributed by atoms with Crippen LogP contribution >= 0.6 is 0 Å². The molecule has 0 bridgehead atoms. The van der Waals surface area contributed by atoms with E-state index in [0.29, 0.717) is 11.8 Å². The summed E-state index contributed by atoms with van der Waals surface area (Å²) in [4.78, 5) is 16.1. The Kier molecular flexibility index (Phi) is 12.1. The first kappa shape index (κ1) is 33.7. The van der Waals surface area contributed by atoms with Crippen LogP contribution in [0.4, 0.5) is 0 Å². The molecule has 209 valence electrons. The molecule has 1 atom stereocenters. The van der Waals surface area contributed by atoms with E-state index < -0.39 is 5.41 Å². The summed E-state index contributed by atoms with van der Waals surface area (Å²) in [6.45, 7) is 22.2. The molecule has 4 heteroatoms. The maximum absolute atomic E-state index is 11.5. The van der Waals surface area contributed by atoms with Gasteiger partial charge in [-0.3, -0.25) is 4.79 Å². The normalized spacial score (nSPS) is 13.0. The van der Waals surface area contributed by atoms with E-state index in [1.54, 1.807) is 0 Å². The molecule has 0 fully saturated rings. The molecule has 3 nitrogen and oxygen atoms in total. The Labute approximate surface area is 244 Å². The molecule has 1 heterocycles. The van der Waals surface area contributed by atoms with Gasteiger partial charge in [-0.15, -0.1) is 34.9 Å². The van der Waals surface area contributed by atoms with Crippen molar-refractivity contribution in [1.82, 2.24) is 4.98 Å². The van der Waals surface area contributed by atoms with E-state index in [-0.39, 0.29) is 37.1 Å². The minimum absolute atomic E-state index is 0. The fourth-order valence-corrected chi connectivity index (χ4v) is 4.14. The number of rotatable bonds is 5. The monoisotopic (exact) mass is 693 g/mol. The summed E-state index contributed by atoms with van der Waals surface area (Å²) in [5, 5.41) is 12.0. The second-order valence-electron chi connectivity index (χ2n) is 12.8. The SMILES string of the molecule is CC(C)(C)C(=O)/C=C(\O)C(C)(C)C.Cc1[c-]c(-c2nccc3cc(C(C)CC(C)C)ccc23)cc(C)c1.[Ir]. The van der Waals surface area contributed by atoms with Crippen LogP contribution in [0.1, 0.15) is 91.3 Å². The number of ketones is 1. The first-order chi connectivity index (χ1) is 17.0. The molecule has 0 amide bonds. The second kappa shape index (κ2) is 13.7. The molecule has 1 unspecified atom stereocenters. The van der Waals surface area contributed by atoms with E-state index in [1.807, 2.05) is 47.7 Å². The van der Waals surface area contributed by atoms with Crippen molar-refractivity contribution in [3.05, 3.63) is 77.2 Å². The van der Waals surface area contributed by atoms with Crippen molar-refractivity contribution in [3.8, 4) is 11.3 Å². The van der Waals surface area contributed by atoms with Gasteiger partial charge in [-0.05, 0) is 46.4 Å². The van der Waals surface area contributed by atoms with Crippen molar-refractivity contribution in [2.45, 2.75) is 88.5 Å². The molecule has 3 aromatic rings. The van der Waals surface area contributed by atoms with Gasteiger partial charge in [0.25, 0.3) is 0 Å². The number of hydrogen-bond donors (Lipinski definition) is 1. The van der Waals surface area contributed by atoms with Gasteiger partial charge in [0.15, 0.2) is 5.78 Å². The number of nitrogens with zero attached hydrogens (tertiary/aromatic N) is 1. The number of fused-ring (bicyclic) bond motifs is 1. The van der Waals surface area contributed by atoms with Gasteiger partial charge in [0.2, 0.25) is 0 Å². The average Bonchev–Trinajstić information content (AvgIpc) is 2.76. The summed E-state index contributed by atoms with van der Waals surface area (Å²) in [7, 11) is 0. The van der Waals surface area contributed by atoms with E-state index in [0.717, 1.165) is 16.8 Å². The predicted octanol–water partition coefficient (Wildman–Crippen LogP) is 9.56. The topological polar surface area (TPSA) is 50.2 Å². The molecule has 0 spiro atoms. The Morgan fingerprint density at radius 3 is 2.13 bits per heavy atom. The number of aryl methyl sites for hydroxylation is 2. The van der Waals surface area contributed by atoms with Crippen LogP contribution < -0.4 is 0 Å². The van der Waals surface area contributed by atoms with Crippen molar-refractivity contribution < 1.29 is 30.0 Å². The Bertz CT molecular complexity index is 1240. The molecular formula is C34H46IrNO2-. The number of benzene rings is 2. The molecule has 0 saturated heterocycles.